The van der Waals surface area contributed by atoms with E-state index in [1.54, 1.807) is 6.20 Å². The number of hydrogen-bond acceptors (Lipinski definition) is 2. The quantitative estimate of drug-likeness (QED) is 0.765. The first-order chi connectivity index (χ1) is 6.36. The summed E-state index contributed by atoms with van der Waals surface area (Å²) in [6, 6.07) is 4.03. The summed E-state index contributed by atoms with van der Waals surface area (Å²) in [4.78, 5) is 4.06. The predicted octanol–water partition coefficient (Wildman–Crippen LogP) is 2.54. The van der Waals surface area contributed by atoms with Crippen LogP contribution in [0.2, 0.25) is 0 Å². The molecule has 2 nitrogen and oxygen atoms in total. The Hall–Kier alpha value is -1.05. The highest BCUT2D eigenvalue weighted by Crippen LogP contribution is 2.33. The van der Waals surface area contributed by atoms with Gasteiger partial charge in [0.25, 0.3) is 0 Å². The van der Waals surface area contributed by atoms with Crippen LogP contribution in [0.15, 0.2) is 24.5 Å². The third-order valence-electron chi connectivity index (χ3n) is 3.03. The molecule has 1 aromatic heterocycles. The minimum atomic E-state index is 0.875. The fourth-order valence-corrected chi connectivity index (χ4v) is 1.76. The number of hydrogen-bond donors (Lipinski definition) is 1. The lowest BCUT2D eigenvalue weighted by molar-refractivity contribution is 0.210. The van der Waals surface area contributed by atoms with Gasteiger partial charge < -0.3 is 5.32 Å². The molecule has 0 saturated heterocycles. The molecule has 2 rings (SSSR count). The van der Waals surface area contributed by atoms with E-state index in [0.29, 0.717) is 0 Å². The van der Waals surface area contributed by atoms with Crippen molar-refractivity contribution in [3.05, 3.63) is 24.5 Å². The van der Waals surface area contributed by atoms with Crippen LogP contribution in [0.25, 0.3) is 0 Å². The SMILES string of the molecule is C[C@@H]1CC[C@H]1CNc1cccnc1. The maximum absolute atomic E-state index is 4.06. The average molecular weight is 176 g/mol. The van der Waals surface area contributed by atoms with Gasteiger partial charge in [0.05, 0.1) is 5.69 Å². The van der Waals surface area contributed by atoms with Gasteiger partial charge in [-0.3, -0.25) is 4.98 Å². The lowest BCUT2D eigenvalue weighted by Crippen LogP contribution is -2.29. The number of nitrogens with zero attached hydrogens (tertiary/aromatic N) is 1. The number of rotatable bonds is 3. The Morgan fingerprint density at radius 3 is 3.00 bits per heavy atom. The third-order valence-corrected chi connectivity index (χ3v) is 3.03. The van der Waals surface area contributed by atoms with E-state index in [4.69, 9.17) is 0 Å². The molecule has 0 aromatic carbocycles. The first-order valence-corrected chi connectivity index (χ1v) is 5.00. The van der Waals surface area contributed by atoms with Gasteiger partial charge in [0.1, 0.15) is 0 Å². The molecule has 13 heavy (non-hydrogen) atoms. The zero-order valence-electron chi connectivity index (χ0n) is 8.03. The summed E-state index contributed by atoms with van der Waals surface area (Å²) in [5.41, 5.74) is 1.14. The predicted molar refractivity (Wildman–Crippen MR) is 54.6 cm³/mol. The standard InChI is InChI=1S/C11H16N2/c1-9-4-5-10(9)7-13-11-3-2-6-12-8-11/h2-3,6,8-10,13H,4-5,7H2,1H3/t9-,10+/m1/s1. The van der Waals surface area contributed by atoms with Gasteiger partial charge in [0, 0.05) is 18.9 Å². The third kappa shape index (κ3) is 2.00. The molecule has 1 aliphatic rings. The van der Waals surface area contributed by atoms with Gasteiger partial charge >= 0.3 is 0 Å². The van der Waals surface area contributed by atoms with E-state index in [2.05, 4.69) is 23.3 Å². The molecule has 1 saturated carbocycles. The van der Waals surface area contributed by atoms with Crippen molar-refractivity contribution in [1.82, 2.24) is 4.98 Å². The van der Waals surface area contributed by atoms with Crippen molar-refractivity contribution >= 4 is 5.69 Å². The highest BCUT2D eigenvalue weighted by atomic mass is 14.9. The molecule has 1 heterocycles. The highest BCUT2D eigenvalue weighted by molar-refractivity contribution is 5.39. The molecule has 0 bridgehead atoms. The average Bonchev–Trinajstić information content (AvgIpc) is 2.17. The van der Waals surface area contributed by atoms with Crippen molar-refractivity contribution in [2.24, 2.45) is 11.8 Å². The molecule has 1 fully saturated rings. The van der Waals surface area contributed by atoms with Crippen molar-refractivity contribution in [3.8, 4) is 0 Å². The maximum Gasteiger partial charge on any atom is 0.0526 e. The highest BCUT2D eigenvalue weighted by Gasteiger charge is 2.25. The first kappa shape index (κ1) is 8.54. The zero-order chi connectivity index (χ0) is 9.10. The molecule has 0 radical (unpaired) electrons. The van der Waals surface area contributed by atoms with Crippen molar-refractivity contribution < 1.29 is 0 Å². The Bertz CT molecular complexity index is 258. The van der Waals surface area contributed by atoms with Crippen LogP contribution in [0.5, 0.6) is 0 Å². The smallest absolute Gasteiger partial charge is 0.0526 e. The van der Waals surface area contributed by atoms with Gasteiger partial charge in [0.15, 0.2) is 0 Å². The Balaban J connectivity index is 1.80. The first-order valence-electron chi connectivity index (χ1n) is 5.00. The van der Waals surface area contributed by atoms with Crippen LogP contribution < -0.4 is 5.32 Å². The summed E-state index contributed by atoms with van der Waals surface area (Å²) < 4.78 is 0. The van der Waals surface area contributed by atoms with E-state index in [1.807, 2.05) is 12.3 Å². The van der Waals surface area contributed by atoms with Crippen molar-refractivity contribution in [3.63, 3.8) is 0 Å². The molecule has 2 atom stereocenters. The van der Waals surface area contributed by atoms with Gasteiger partial charge in [-0.2, -0.15) is 0 Å². The molecule has 0 amide bonds. The Labute approximate surface area is 79.4 Å². The van der Waals surface area contributed by atoms with Crippen LogP contribution in [0, 0.1) is 11.8 Å². The monoisotopic (exact) mass is 176 g/mol. The number of aromatic nitrogens is 1. The minimum absolute atomic E-state index is 0.875. The summed E-state index contributed by atoms with van der Waals surface area (Å²) >= 11 is 0. The summed E-state index contributed by atoms with van der Waals surface area (Å²) in [6.45, 7) is 3.44. The van der Waals surface area contributed by atoms with E-state index >= 15 is 0 Å². The Kier molecular flexibility index (Phi) is 2.48. The zero-order valence-corrected chi connectivity index (χ0v) is 8.03. The largest absolute Gasteiger partial charge is 0.384 e. The molecule has 1 N–H and O–H groups in total. The second-order valence-corrected chi connectivity index (χ2v) is 3.94. The topological polar surface area (TPSA) is 24.9 Å². The summed E-state index contributed by atoms with van der Waals surface area (Å²) in [5.74, 6) is 1.78. The van der Waals surface area contributed by atoms with E-state index < -0.39 is 0 Å². The Morgan fingerprint density at radius 1 is 1.54 bits per heavy atom. The van der Waals surface area contributed by atoms with E-state index in [-0.39, 0.29) is 0 Å². The van der Waals surface area contributed by atoms with Crippen LogP contribution in [-0.4, -0.2) is 11.5 Å². The number of pyridine rings is 1. The molecule has 2 heteroatoms. The molecule has 0 aliphatic heterocycles. The van der Waals surface area contributed by atoms with Crippen molar-refractivity contribution in [1.29, 1.82) is 0 Å². The number of anilines is 1. The summed E-state index contributed by atoms with van der Waals surface area (Å²) in [6.07, 6.45) is 6.47. The van der Waals surface area contributed by atoms with E-state index in [1.165, 1.54) is 12.8 Å². The van der Waals surface area contributed by atoms with Crippen LogP contribution in [0.1, 0.15) is 19.8 Å². The van der Waals surface area contributed by atoms with E-state index in [0.717, 1.165) is 24.1 Å². The lowest BCUT2D eigenvalue weighted by atomic mass is 9.75. The second kappa shape index (κ2) is 3.77. The van der Waals surface area contributed by atoms with Gasteiger partial charge in [-0.1, -0.05) is 13.3 Å². The van der Waals surface area contributed by atoms with Crippen LogP contribution >= 0.6 is 0 Å². The molecule has 1 aliphatic carbocycles. The molecular formula is C11H16N2. The minimum Gasteiger partial charge on any atom is -0.384 e. The molecule has 70 valence electrons. The van der Waals surface area contributed by atoms with Crippen LogP contribution in [0.4, 0.5) is 5.69 Å². The number of nitrogens with one attached hydrogen (secondary N) is 1. The molecule has 0 unspecified atom stereocenters. The molecule has 1 aromatic rings. The maximum atomic E-state index is 4.06. The summed E-state index contributed by atoms with van der Waals surface area (Å²) in [7, 11) is 0. The van der Waals surface area contributed by atoms with Crippen LogP contribution in [-0.2, 0) is 0 Å². The van der Waals surface area contributed by atoms with Crippen molar-refractivity contribution in [2.45, 2.75) is 19.8 Å². The summed E-state index contributed by atoms with van der Waals surface area (Å²) in [5, 5.41) is 3.41. The van der Waals surface area contributed by atoms with Crippen molar-refractivity contribution in [2.75, 3.05) is 11.9 Å². The van der Waals surface area contributed by atoms with Gasteiger partial charge in [-0.15, -0.1) is 0 Å². The van der Waals surface area contributed by atoms with Gasteiger partial charge in [-0.25, -0.2) is 0 Å². The normalized spacial score (nSPS) is 26.5. The lowest BCUT2D eigenvalue weighted by Gasteiger charge is -2.34. The van der Waals surface area contributed by atoms with Gasteiger partial charge in [-0.05, 0) is 30.4 Å². The van der Waals surface area contributed by atoms with Crippen LogP contribution in [0.3, 0.4) is 0 Å². The fraction of sp³-hybridized carbons (Fsp3) is 0.545. The van der Waals surface area contributed by atoms with E-state index in [9.17, 15) is 0 Å². The molecule has 0 spiro atoms. The Morgan fingerprint density at radius 2 is 2.46 bits per heavy atom. The fourth-order valence-electron chi connectivity index (χ4n) is 1.76. The molecular weight excluding hydrogens is 160 g/mol. The van der Waals surface area contributed by atoms with Gasteiger partial charge in [0.2, 0.25) is 0 Å². The second-order valence-electron chi connectivity index (χ2n) is 3.94.